The van der Waals surface area contributed by atoms with Gasteiger partial charge in [-0.05, 0) is 37.8 Å². The number of nitrogens with one attached hydrogen (secondary N) is 2. The molecule has 1 aromatic carbocycles. The molecular weight excluding hydrogens is 282 g/mol. The minimum absolute atomic E-state index is 0.106. The number of rotatable bonds is 3. The van der Waals surface area contributed by atoms with Crippen LogP contribution in [0.5, 0.6) is 0 Å². The predicted molar refractivity (Wildman–Crippen MR) is 82.5 cm³/mol. The van der Waals surface area contributed by atoms with Gasteiger partial charge in [-0.15, -0.1) is 0 Å². The molecule has 2 aromatic rings. The highest BCUT2D eigenvalue weighted by atomic mass is 16.4. The normalized spacial score (nSPS) is 21.7. The number of aliphatic carboxylic acids is 1. The zero-order valence-corrected chi connectivity index (χ0v) is 12.4. The average Bonchev–Trinajstić information content (AvgIpc) is 3.01. The van der Waals surface area contributed by atoms with Gasteiger partial charge in [0, 0.05) is 11.3 Å². The molecule has 1 fully saturated rings. The van der Waals surface area contributed by atoms with Gasteiger partial charge in [0.2, 0.25) is 5.91 Å². The molecule has 0 spiro atoms. The Hall–Kier alpha value is -2.37. The van der Waals surface area contributed by atoms with Crippen LogP contribution in [0.15, 0.2) is 18.3 Å². The maximum atomic E-state index is 12.4. The van der Waals surface area contributed by atoms with Crippen molar-refractivity contribution < 1.29 is 14.7 Å². The van der Waals surface area contributed by atoms with Crippen LogP contribution < -0.4 is 5.32 Å². The van der Waals surface area contributed by atoms with Crippen molar-refractivity contribution in [2.45, 2.75) is 32.6 Å². The SMILES string of the molecule is Cc1ccc(NC(=O)C2CCCC(C(=O)O)C2)c2[nH]ncc12. The molecule has 0 bridgehead atoms. The third-order valence-corrected chi connectivity index (χ3v) is 4.49. The maximum absolute atomic E-state index is 12.4. The molecule has 22 heavy (non-hydrogen) atoms. The van der Waals surface area contributed by atoms with Crippen LogP contribution in [0.3, 0.4) is 0 Å². The highest BCUT2D eigenvalue weighted by Crippen LogP contribution is 2.31. The van der Waals surface area contributed by atoms with Crippen molar-refractivity contribution in [1.82, 2.24) is 10.2 Å². The molecule has 0 aliphatic heterocycles. The summed E-state index contributed by atoms with van der Waals surface area (Å²) in [5.41, 5.74) is 2.59. The van der Waals surface area contributed by atoms with E-state index in [2.05, 4.69) is 15.5 Å². The summed E-state index contributed by atoms with van der Waals surface area (Å²) in [6.07, 6.45) is 4.34. The lowest BCUT2D eigenvalue weighted by Crippen LogP contribution is -2.31. The summed E-state index contributed by atoms with van der Waals surface area (Å²) in [6.45, 7) is 1.99. The van der Waals surface area contributed by atoms with E-state index in [0.29, 0.717) is 18.5 Å². The number of carbonyl (C=O) groups is 2. The first-order valence-corrected chi connectivity index (χ1v) is 7.52. The minimum Gasteiger partial charge on any atom is -0.481 e. The third-order valence-electron chi connectivity index (χ3n) is 4.49. The number of hydrogen-bond donors (Lipinski definition) is 3. The second kappa shape index (κ2) is 5.79. The lowest BCUT2D eigenvalue weighted by Gasteiger charge is -2.25. The molecule has 1 aromatic heterocycles. The van der Waals surface area contributed by atoms with Gasteiger partial charge < -0.3 is 10.4 Å². The molecular formula is C16H19N3O3. The van der Waals surface area contributed by atoms with E-state index in [1.807, 2.05) is 19.1 Å². The number of H-pyrrole nitrogens is 1. The quantitative estimate of drug-likeness (QED) is 0.812. The molecule has 1 amide bonds. The molecule has 0 saturated heterocycles. The molecule has 3 N–H and O–H groups in total. The molecule has 6 nitrogen and oxygen atoms in total. The van der Waals surface area contributed by atoms with Gasteiger partial charge in [0.05, 0.1) is 23.3 Å². The Morgan fingerprint density at radius 2 is 2.09 bits per heavy atom. The zero-order chi connectivity index (χ0) is 15.7. The molecule has 1 aliphatic rings. The summed E-state index contributed by atoms with van der Waals surface area (Å²) >= 11 is 0. The highest BCUT2D eigenvalue weighted by Gasteiger charge is 2.31. The average molecular weight is 301 g/mol. The van der Waals surface area contributed by atoms with Crippen molar-refractivity contribution in [2.75, 3.05) is 5.32 Å². The van der Waals surface area contributed by atoms with Gasteiger partial charge in [-0.1, -0.05) is 12.5 Å². The van der Waals surface area contributed by atoms with Crippen molar-refractivity contribution in [3.63, 3.8) is 0 Å². The van der Waals surface area contributed by atoms with Crippen LogP contribution in [-0.2, 0) is 9.59 Å². The predicted octanol–water partition coefficient (Wildman–Crippen LogP) is 2.70. The van der Waals surface area contributed by atoms with Gasteiger partial charge in [0.15, 0.2) is 0 Å². The van der Waals surface area contributed by atoms with E-state index >= 15 is 0 Å². The number of anilines is 1. The lowest BCUT2D eigenvalue weighted by molar-refractivity contribution is -0.143. The number of aromatic amines is 1. The number of hydrogen-bond acceptors (Lipinski definition) is 3. The number of nitrogens with zero attached hydrogens (tertiary/aromatic N) is 1. The first kappa shape index (κ1) is 14.6. The van der Waals surface area contributed by atoms with E-state index < -0.39 is 11.9 Å². The van der Waals surface area contributed by atoms with E-state index in [1.165, 1.54) is 0 Å². The fourth-order valence-electron chi connectivity index (χ4n) is 3.16. The van der Waals surface area contributed by atoms with Crippen LogP contribution in [0.2, 0.25) is 0 Å². The summed E-state index contributed by atoms with van der Waals surface area (Å²) in [5, 5.41) is 20.0. The van der Waals surface area contributed by atoms with Gasteiger partial charge in [-0.2, -0.15) is 5.10 Å². The first-order valence-electron chi connectivity index (χ1n) is 7.52. The van der Waals surface area contributed by atoms with Crippen molar-refractivity contribution in [2.24, 2.45) is 11.8 Å². The van der Waals surface area contributed by atoms with Gasteiger partial charge >= 0.3 is 5.97 Å². The minimum atomic E-state index is -0.802. The van der Waals surface area contributed by atoms with E-state index in [1.54, 1.807) is 6.20 Å². The Bertz CT molecular complexity index is 722. The number of carboxylic acid groups (broad SMARTS) is 1. The molecule has 3 rings (SSSR count). The van der Waals surface area contributed by atoms with Gasteiger partial charge in [0.1, 0.15) is 0 Å². The number of carboxylic acids is 1. The van der Waals surface area contributed by atoms with Crippen molar-refractivity contribution in [1.29, 1.82) is 0 Å². The molecule has 0 radical (unpaired) electrons. The molecule has 116 valence electrons. The maximum Gasteiger partial charge on any atom is 0.306 e. The third kappa shape index (κ3) is 2.68. The number of fused-ring (bicyclic) bond motifs is 1. The van der Waals surface area contributed by atoms with Gasteiger partial charge in [-0.3, -0.25) is 14.7 Å². The van der Waals surface area contributed by atoms with Crippen molar-refractivity contribution >= 4 is 28.5 Å². The fourth-order valence-corrected chi connectivity index (χ4v) is 3.16. The Morgan fingerprint density at radius 1 is 1.32 bits per heavy atom. The fraction of sp³-hybridized carbons (Fsp3) is 0.438. The monoisotopic (exact) mass is 301 g/mol. The van der Waals surface area contributed by atoms with Crippen LogP contribution in [0.4, 0.5) is 5.69 Å². The summed E-state index contributed by atoms with van der Waals surface area (Å²) in [6, 6.07) is 3.79. The van der Waals surface area contributed by atoms with Crippen LogP contribution in [0, 0.1) is 18.8 Å². The molecule has 6 heteroatoms. The summed E-state index contributed by atoms with van der Waals surface area (Å²) < 4.78 is 0. The highest BCUT2D eigenvalue weighted by molar-refractivity contribution is 6.02. The molecule has 2 atom stereocenters. The van der Waals surface area contributed by atoms with E-state index in [-0.39, 0.29) is 11.8 Å². The number of amides is 1. The van der Waals surface area contributed by atoms with Crippen LogP contribution >= 0.6 is 0 Å². The van der Waals surface area contributed by atoms with Crippen LogP contribution in [0.1, 0.15) is 31.2 Å². The van der Waals surface area contributed by atoms with E-state index in [4.69, 9.17) is 5.11 Å². The van der Waals surface area contributed by atoms with Crippen LogP contribution in [0.25, 0.3) is 10.9 Å². The number of benzene rings is 1. The Labute approximate surface area is 127 Å². The van der Waals surface area contributed by atoms with Crippen LogP contribution in [-0.4, -0.2) is 27.2 Å². The van der Waals surface area contributed by atoms with Crippen molar-refractivity contribution in [3.8, 4) is 0 Å². The molecule has 1 aliphatic carbocycles. The second-order valence-corrected chi connectivity index (χ2v) is 5.98. The summed E-state index contributed by atoms with van der Waals surface area (Å²) in [5.74, 6) is -1.56. The lowest BCUT2D eigenvalue weighted by atomic mass is 9.81. The van der Waals surface area contributed by atoms with Crippen molar-refractivity contribution in [3.05, 3.63) is 23.9 Å². The van der Waals surface area contributed by atoms with E-state index in [0.717, 1.165) is 29.3 Å². The molecule has 2 unspecified atom stereocenters. The molecule has 1 saturated carbocycles. The second-order valence-electron chi connectivity index (χ2n) is 5.98. The van der Waals surface area contributed by atoms with E-state index in [9.17, 15) is 9.59 Å². The molecule has 1 heterocycles. The summed E-state index contributed by atoms with van der Waals surface area (Å²) in [7, 11) is 0. The zero-order valence-electron chi connectivity index (χ0n) is 12.4. The Balaban J connectivity index is 1.77. The van der Waals surface area contributed by atoms with Gasteiger partial charge in [0.25, 0.3) is 0 Å². The van der Waals surface area contributed by atoms with Gasteiger partial charge in [-0.25, -0.2) is 0 Å². The number of carbonyl (C=O) groups excluding carboxylic acids is 1. The number of aromatic nitrogens is 2. The Morgan fingerprint density at radius 3 is 2.86 bits per heavy atom. The number of aryl methyl sites for hydroxylation is 1. The first-order chi connectivity index (χ1) is 10.6. The standard InChI is InChI=1S/C16H19N3O3/c1-9-5-6-13(14-12(9)8-17-19-14)18-15(20)10-3-2-4-11(7-10)16(21)22/h5-6,8,10-11H,2-4,7H2,1H3,(H,17,19)(H,18,20)(H,21,22). The topological polar surface area (TPSA) is 95.1 Å². The smallest absolute Gasteiger partial charge is 0.306 e. The Kier molecular flexibility index (Phi) is 3.83. The summed E-state index contributed by atoms with van der Waals surface area (Å²) in [4.78, 5) is 23.6. The largest absolute Gasteiger partial charge is 0.481 e.